The highest BCUT2D eigenvalue weighted by atomic mass is 16.4. The van der Waals surface area contributed by atoms with E-state index in [0.717, 1.165) is 22.4 Å². The van der Waals surface area contributed by atoms with Gasteiger partial charge in [-0.05, 0) is 42.5 Å². The number of benzene rings is 1. The number of nitrogens with zero attached hydrogens (tertiary/aromatic N) is 1. The van der Waals surface area contributed by atoms with E-state index >= 15 is 0 Å². The van der Waals surface area contributed by atoms with E-state index in [1.54, 1.807) is 10.7 Å². The molecule has 3 rings (SSSR count). The molecule has 2 aromatic rings. The Morgan fingerprint density at radius 3 is 2.81 bits per heavy atom. The fraction of sp³-hybridized carbons (Fsp3) is 0.333. The number of carbonyl (C=O) groups is 1. The van der Waals surface area contributed by atoms with Gasteiger partial charge in [-0.3, -0.25) is 14.6 Å². The molecule has 3 N–H and O–H groups in total. The first-order chi connectivity index (χ1) is 10.1. The number of carboxylic acid groups (broad SMARTS) is 1. The van der Waals surface area contributed by atoms with Crippen LogP contribution in [0.4, 0.5) is 4.79 Å². The normalized spacial score (nSPS) is 16.7. The lowest BCUT2D eigenvalue weighted by Gasteiger charge is -2.07. The largest absolute Gasteiger partial charge is 0.465 e. The zero-order valence-electron chi connectivity index (χ0n) is 11.7. The van der Waals surface area contributed by atoms with Crippen molar-refractivity contribution >= 4 is 6.09 Å². The molecule has 0 fully saturated rings. The molecule has 6 nitrogen and oxygen atoms in total. The van der Waals surface area contributed by atoms with E-state index < -0.39 is 6.09 Å². The topological polar surface area (TPSA) is 87.1 Å². The summed E-state index contributed by atoms with van der Waals surface area (Å²) in [5, 5.41) is 14.4. The molecule has 1 aliphatic carbocycles. The zero-order valence-corrected chi connectivity index (χ0v) is 11.7. The van der Waals surface area contributed by atoms with E-state index in [2.05, 4.69) is 10.4 Å². The summed E-state index contributed by atoms with van der Waals surface area (Å²) in [6.07, 6.45) is 0.417. The summed E-state index contributed by atoms with van der Waals surface area (Å²) in [7, 11) is 0. The Morgan fingerprint density at radius 1 is 1.38 bits per heavy atom. The summed E-state index contributed by atoms with van der Waals surface area (Å²) >= 11 is 0. The summed E-state index contributed by atoms with van der Waals surface area (Å²) in [6.45, 7) is 2.51. The van der Waals surface area contributed by atoms with E-state index in [9.17, 15) is 9.59 Å². The van der Waals surface area contributed by atoms with Gasteiger partial charge in [0.25, 0.3) is 5.56 Å². The quantitative estimate of drug-likeness (QED) is 0.801. The van der Waals surface area contributed by atoms with Gasteiger partial charge < -0.3 is 10.4 Å². The molecule has 1 aromatic carbocycles. The molecular formula is C15H17N3O3. The molecule has 1 unspecified atom stereocenters. The zero-order chi connectivity index (χ0) is 15.0. The predicted molar refractivity (Wildman–Crippen MR) is 78.5 cm³/mol. The average molecular weight is 287 g/mol. The van der Waals surface area contributed by atoms with Crippen molar-refractivity contribution in [2.24, 2.45) is 0 Å². The fourth-order valence-corrected chi connectivity index (χ4v) is 2.88. The fourth-order valence-electron chi connectivity index (χ4n) is 2.88. The van der Waals surface area contributed by atoms with E-state index in [-0.39, 0.29) is 11.6 Å². The van der Waals surface area contributed by atoms with Crippen LogP contribution in [0.5, 0.6) is 0 Å². The van der Waals surface area contributed by atoms with Gasteiger partial charge in [0.2, 0.25) is 0 Å². The maximum atomic E-state index is 11.7. The van der Waals surface area contributed by atoms with E-state index in [1.165, 1.54) is 0 Å². The highest BCUT2D eigenvalue weighted by molar-refractivity contribution is 5.66. The first kappa shape index (κ1) is 13.5. The lowest BCUT2D eigenvalue weighted by molar-refractivity contribution is 0.190. The third-order valence-corrected chi connectivity index (χ3v) is 3.88. The molecule has 1 heterocycles. The number of rotatable bonds is 3. The van der Waals surface area contributed by atoms with Gasteiger partial charge in [0.05, 0.1) is 5.69 Å². The minimum absolute atomic E-state index is 0.0431. The molecule has 1 atom stereocenters. The van der Waals surface area contributed by atoms with Crippen molar-refractivity contribution in [1.82, 2.24) is 15.1 Å². The van der Waals surface area contributed by atoms with Gasteiger partial charge in [-0.2, -0.15) is 0 Å². The van der Waals surface area contributed by atoms with Crippen molar-refractivity contribution < 1.29 is 9.90 Å². The van der Waals surface area contributed by atoms with Crippen molar-refractivity contribution in [2.45, 2.75) is 32.4 Å². The minimum atomic E-state index is -0.989. The van der Waals surface area contributed by atoms with Crippen LogP contribution in [0, 0.1) is 0 Å². The molecular weight excluding hydrogens is 270 g/mol. The summed E-state index contributed by atoms with van der Waals surface area (Å²) in [6, 6.07) is 7.53. The molecule has 21 heavy (non-hydrogen) atoms. The number of H-pyrrole nitrogens is 1. The SMILES string of the molecule is CCn1[nH]c(-c2ccc3c(c2)CC(NC(=O)O)C3)cc1=O. The highest BCUT2D eigenvalue weighted by Crippen LogP contribution is 2.27. The van der Waals surface area contributed by atoms with Crippen LogP contribution in [-0.2, 0) is 19.4 Å². The van der Waals surface area contributed by atoms with Crippen LogP contribution in [0.15, 0.2) is 29.1 Å². The van der Waals surface area contributed by atoms with Crippen LogP contribution in [0.1, 0.15) is 18.1 Å². The third kappa shape index (κ3) is 2.56. The van der Waals surface area contributed by atoms with Crippen LogP contribution in [0.3, 0.4) is 0 Å². The highest BCUT2D eigenvalue weighted by Gasteiger charge is 2.23. The molecule has 1 aliphatic rings. The summed E-state index contributed by atoms with van der Waals surface area (Å²) in [5.41, 5.74) is 4.00. The predicted octanol–water partition coefficient (Wildman–Crippen LogP) is 1.60. The Hall–Kier alpha value is -2.50. The van der Waals surface area contributed by atoms with Crippen molar-refractivity contribution in [1.29, 1.82) is 0 Å². The van der Waals surface area contributed by atoms with E-state index in [0.29, 0.717) is 19.4 Å². The Labute approximate surface area is 121 Å². The van der Waals surface area contributed by atoms with Crippen LogP contribution >= 0.6 is 0 Å². The monoisotopic (exact) mass is 287 g/mol. The number of nitrogens with one attached hydrogen (secondary N) is 2. The van der Waals surface area contributed by atoms with Crippen molar-refractivity contribution in [3.05, 3.63) is 45.7 Å². The van der Waals surface area contributed by atoms with E-state index in [1.807, 2.05) is 25.1 Å². The van der Waals surface area contributed by atoms with Gasteiger partial charge in [-0.25, -0.2) is 4.79 Å². The smallest absolute Gasteiger partial charge is 0.404 e. The number of hydrogen-bond donors (Lipinski definition) is 3. The van der Waals surface area contributed by atoms with Gasteiger partial charge in [0.1, 0.15) is 0 Å². The molecule has 0 spiro atoms. The maximum Gasteiger partial charge on any atom is 0.404 e. The van der Waals surface area contributed by atoms with Crippen LogP contribution < -0.4 is 10.9 Å². The number of fused-ring (bicyclic) bond motifs is 1. The van der Waals surface area contributed by atoms with Gasteiger partial charge in [0.15, 0.2) is 0 Å². The lowest BCUT2D eigenvalue weighted by Crippen LogP contribution is -2.33. The summed E-state index contributed by atoms with van der Waals surface area (Å²) < 4.78 is 1.55. The minimum Gasteiger partial charge on any atom is -0.465 e. The first-order valence-corrected chi connectivity index (χ1v) is 6.98. The van der Waals surface area contributed by atoms with Crippen LogP contribution in [0.2, 0.25) is 0 Å². The maximum absolute atomic E-state index is 11.7. The van der Waals surface area contributed by atoms with Crippen molar-refractivity contribution in [3.63, 3.8) is 0 Å². The molecule has 0 saturated heterocycles. The average Bonchev–Trinajstić information content (AvgIpc) is 2.99. The number of aromatic nitrogens is 2. The summed E-state index contributed by atoms with van der Waals surface area (Å²) in [5.74, 6) is 0. The molecule has 110 valence electrons. The van der Waals surface area contributed by atoms with Crippen molar-refractivity contribution in [3.8, 4) is 11.3 Å². The number of aryl methyl sites for hydroxylation is 1. The van der Waals surface area contributed by atoms with Crippen molar-refractivity contribution in [2.75, 3.05) is 0 Å². The molecule has 1 amide bonds. The molecule has 1 aromatic heterocycles. The first-order valence-electron chi connectivity index (χ1n) is 6.98. The molecule has 0 bridgehead atoms. The Morgan fingerprint density at radius 2 is 2.14 bits per heavy atom. The Bertz CT molecular complexity index is 745. The molecule has 0 aliphatic heterocycles. The van der Waals surface area contributed by atoms with Gasteiger partial charge >= 0.3 is 6.09 Å². The second kappa shape index (κ2) is 5.12. The lowest BCUT2D eigenvalue weighted by atomic mass is 10.0. The van der Waals surface area contributed by atoms with Crippen LogP contribution in [0.25, 0.3) is 11.3 Å². The molecule has 0 radical (unpaired) electrons. The molecule has 0 saturated carbocycles. The number of hydrogen-bond acceptors (Lipinski definition) is 2. The Kier molecular flexibility index (Phi) is 3.29. The second-order valence-corrected chi connectivity index (χ2v) is 5.29. The molecule has 6 heteroatoms. The summed E-state index contributed by atoms with van der Waals surface area (Å²) in [4.78, 5) is 22.4. The Balaban J connectivity index is 1.88. The number of amides is 1. The third-order valence-electron chi connectivity index (χ3n) is 3.88. The van der Waals surface area contributed by atoms with Crippen LogP contribution in [-0.4, -0.2) is 27.0 Å². The van der Waals surface area contributed by atoms with Gasteiger partial charge in [-0.1, -0.05) is 12.1 Å². The van der Waals surface area contributed by atoms with Gasteiger partial charge in [0, 0.05) is 18.7 Å². The van der Waals surface area contributed by atoms with E-state index in [4.69, 9.17) is 5.11 Å². The van der Waals surface area contributed by atoms with Gasteiger partial charge in [-0.15, -0.1) is 0 Å². The number of aromatic amines is 1. The standard InChI is InChI=1S/C15H17N3O3/c1-2-18-14(19)8-13(17-18)10-4-3-9-6-12(16-15(20)21)7-11(9)5-10/h3-5,8,12,16-17H,2,6-7H2,1H3,(H,20,21). The second-order valence-electron chi connectivity index (χ2n) is 5.29.